The van der Waals surface area contributed by atoms with Gasteiger partial charge in [0.1, 0.15) is 6.33 Å². The molecule has 190 valence electrons. The summed E-state index contributed by atoms with van der Waals surface area (Å²) in [6.07, 6.45) is -0.772. The molecule has 4 N–H and O–H groups in total. The summed E-state index contributed by atoms with van der Waals surface area (Å²) < 4.78 is 54.0. The Morgan fingerprint density at radius 2 is 1.86 bits per heavy atom. The van der Waals surface area contributed by atoms with Crippen molar-refractivity contribution in [3.63, 3.8) is 0 Å². The number of rotatable bonds is 9. The van der Waals surface area contributed by atoms with Crippen LogP contribution in [0.4, 0.5) is 29.2 Å². The molecule has 1 aromatic heterocycles. The lowest BCUT2D eigenvalue weighted by Gasteiger charge is -2.37. The second-order valence-corrected chi connectivity index (χ2v) is 9.23. The number of carbonyl (C=O) groups is 1. The van der Waals surface area contributed by atoms with Gasteiger partial charge in [-0.3, -0.25) is 9.69 Å². The summed E-state index contributed by atoms with van der Waals surface area (Å²) in [6, 6.07) is 4.83. The molecule has 8 nitrogen and oxygen atoms in total. The van der Waals surface area contributed by atoms with Crippen LogP contribution in [0.3, 0.4) is 0 Å². The minimum Gasteiger partial charge on any atom is -0.388 e. The highest BCUT2D eigenvalue weighted by Gasteiger charge is 2.35. The summed E-state index contributed by atoms with van der Waals surface area (Å²) in [5.74, 6) is -1.10. The van der Waals surface area contributed by atoms with Crippen LogP contribution in [0.2, 0.25) is 0 Å². The lowest BCUT2D eigenvalue weighted by molar-refractivity contribution is -0.137. The van der Waals surface area contributed by atoms with Crippen LogP contribution in [0.15, 0.2) is 30.6 Å². The summed E-state index contributed by atoms with van der Waals surface area (Å²) in [5, 5.41) is 13.7. The minimum absolute atomic E-state index is 0.0355. The van der Waals surface area contributed by atoms with E-state index >= 15 is 4.39 Å². The fourth-order valence-electron chi connectivity index (χ4n) is 4.22. The molecule has 0 radical (unpaired) electrons. The van der Waals surface area contributed by atoms with E-state index in [1.807, 2.05) is 4.90 Å². The molecule has 0 unspecified atom stereocenters. The molecule has 1 saturated heterocycles. The van der Waals surface area contributed by atoms with Crippen molar-refractivity contribution in [3.05, 3.63) is 47.5 Å². The molecular weight excluding hydrogens is 468 g/mol. The van der Waals surface area contributed by atoms with E-state index in [9.17, 15) is 23.1 Å². The molecule has 2 aromatic rings. The van der Waals surface area contributed by atoms with Crippen molar-refractivity contribution in [2.75, 3.05) is 36.4 Å². The topological polar surface area (TPSA) is 108 Å². The van der Waals surface area contributed by atoms with Crippen LogP contribution in [-0.4, -0.2) is 63.7 Å². The van der Waals surface area contributed by atoms with Gasteiger partial charge in [-0.25, -0.2) is 9.97 Å². The Balaban J connectivity index is 1.43. The van der Waals surface area contributed by atoms with E-state index in [1.54, 1.807) is 4.90 Å². The number of nitrogens with zero attached hydrogens (tertiary/aromatic N) is 4. The number of likely N-dealkylation sites (tertiary alicyclic amines) is 1. The summed E-state index contributed by atoms with van der Waals surface area (Å²) in [5.41, 5.74) is 3.99. The zero-order chi connectivity index (χ0) is 25.2. The van der Waals surface area contributed by atoms with Crippen LogP contribution in [0, 0.1) is 5.82 Å². The number of anilines is 2. The Bertz CT molecular complexity index is 1040. The van der Waals surface area contributed by atoms with Gasteiger partial charge in [-0.15, -0.1) is 0 Å². The van der Waals surface area contributed by atoms with Crippen molar-refractivity contribution >= 4 is 17.5 Å². The molecule has 2 fully saturated rings. The van der Waals surface area contributed by atoms with Crippen LogP contribution in [0.1, 0.15) is 36.8 Å². The number of primary amides is 1. The molecule has 12 heteroatoms. The van der Waals surface area contributed by atoms with Crippen molar-refractivity contribution < 1.29 is 27.5 Å². The Morgan fingerprint density at radius 1 is 1.20 bits per heavy atom. The van der Waals surface area contributed by atoms with E-state index in [0.717, 1.165) is 25.0 Å². The van der Waals surface area contributed by atoms with E-state index in [0.29, 0.717) is 31.5 Å². The van der Waals surface area contributed by atoms with Crippen LogP contribution >= 0.6 is 0 Å². The number of nitrogens with one attached hydrogen (secondary N) is 1. The minimum atomic E-state index is -4.42. The number of piperidine rings is 1. The molecule has 1 saturated carbocycles. The summed E-state index contributed by atoms with van der Waals surface area (Å²) in [6.45, 7) is 1.37. The second kappa shape index (κ2) is 9.94. The van der Waals surface area contributed by atoms with Crippen molar-refractivity contribution in [2.45, 2.75) is 50.0 Å². The maximum atomic E-state index is 15.4. The molecule has 1 amide bonds. The van der Waals surface area contributed by atoms with Gasteiger partial charge in [0.15, 0.2) is 11.6 Å². The number of aromatic nitrogens is 2. The first kappa shape index (κ1) is 25.1. The predicted octanol–water partition coefficient (Wildman–Crippen LogP) is 2.53. The molecule has 0 bridgehead atoms. The number of amides is 1. The van der Waals surface area contributed by atoms with Crippen molar-refractivity contribution in [1.82, 2.24) is 14.9 Å². The zero-order valence-electron chi connectivity index (χ0n) is 19.1. The molecule has 2 heterocycles. The Morgan fingerprint density at radius 3 is 2.43 bits per heavy atom. The zero-order valence-corrected chi connectivity index (χ0v) is 19.1. The largest absolute Gasteiger partial charge is 0.416 e. The average Bonchev–Trinajstić information content (AvgIpc) is 3.64. The van der Waals surface area contributed by atoms with Gasteiger partial charge in [0.25, 0.3) is 0 Å². The fraction of sp³-hybridized carbons (Fsp3) is 0.522. The maximum absolute atomic E-state index is 15.4. The third kappa shape index (κ3) is 6.37. The average molecular weight is 497 g/mol. The van der Waals surface area contributed by atoms with Crippen LogP contribution < -0.4 is 16.0 Å². The first-order valence-electron chi connectivity index (χ1n) is 11.4. The fourth-order valence-corrected chi connectivity index (χ4v) is 4.22. The summed E-state index contributed by atoms with van der Waals surface area (Å²) in [7, 11) is 0. The lowest BCUT2D eigenvalue weighted by atomic mass is 9.91. The molecule has 35 heavy (non-hydrogen) atoms. The van der Waals surface area contributed by atoms with Gasteiger partial charge in [-0.05, 0) is 43.4 Å². The molecule has 0 atom stereocenters. The molecule has 1 aliphatic carbocycles. The highest BCUT2D eigenvalue weighted by molar-refractivity contribution is 5.75. The van der Waals surface area contributed by atoms with E-state index in [4.69, 9.17) is 5.73 Å². The quantitative estimate of drug-likeness (QED) is 0.458. The number of halogens is 4. The van der Waals surface area contributed by atoms with E-state index < -0.39 is 29.1 Å². The molecule has 1 aromatic carbocycles. The molecular formula is C23H28F4N6O2. The van der Waals surface area contributed by atoms with E-state index in [1.165, 1.54) is 18.5 Å². The van der Waals surface area contributed by atoms with Gasteiger partial charge >= 0.3 is 6.18 Å². The first-order valence-corrected chi connectivity index (χ1v) is 11.4. The highest BCUT2D eigenvalue weighted by atomic mass is 19.4. The normalized spacial score (nSPS) is 18.3. The second-order valence-electron chi connectivity index (χ2n) is 9.23. The molecule has 1 aliphatic heterocycles. The molecule has 0 spiro atoms. The summed E-state index contributed by atoms with van der Waals surface area (Å²) >= 11 is 0. The molecule has 4 rings (SSSR count). The Hall–Kier alpha value is -2.99. The van der Waals surface area contributed by atoms with E-state index in [2.05, 4.69) is 15.3 Å². The van der Waals surface area contributed by atoms with Crippen molar-refractivity contribution in [1.29, 1.82) is 0 Å². The highest BCUT2D eigenvalue weighted by Crippen LogP contribution is 2.35. The Kier molecular flexibility index (Phi) is 7.13. The predicted molar refractivity (Wildman–Crippen MR) is 121 cm³/mol. The van der Waals surface area contributed by atoms with Gasteiger partial charge in [0.2, 0.25) is 11.7 Å². The van der Waals surface area contributed by atoms with Gasteiger partial charge in [-0.1, -0.05) is 12.1 Å². The van der Waals surface area contributed by atoms with E-state index in [-0.39, 0.29) is 37.3 Å². The van der Waals surface area contributed by atoms with Gasteiger partial charge in [-0.2, -0.15) is 17.6 Å². The van der Waals surface area contributed by atoms with Crippen molar-refractivity contribution in [2.24, 2.45) is 5.73 Å². The van der Waals surface area contributed by atoms with Crippen LogP contribution in [-0.2, 0) is 17.5 Å². The van der Waals surface area contributed by atoms with Crippen LogP contribution in [0.25, 0.3) is 0 Å². The van der Waals surface area contributed by atoms with Gasteiger partial charge in [0.05, 0.1) is 17.7 Å². The summed E-state index contributed by atoms with van der Waals surface area (Å²) in [4.78, 5) is 22.8. The number of aliphatic hydroxyl groups is 1. The standard InChI is InChI=1S/C23H28F4N6O2/c24-19-20(29-13-22(35)7-9-32(10-8-22)12-18(28)34)30-14-31-21(19)33(17-5-6-17)11-15-1-3-16(4-2-15)23(25,26)27/h1-4,14,17,35H,5-13H2,(H2,28,34)(H,29,30,31). The SMILES string of the molecule is NC(=O)CN1CCC(O)(CNc2ncnc(N(Cc3ccc(C(F)(F)F)cc3)C3CC3)c2F)CC1. The third-order valence-electron chi connectivity index (χ3n) is 6.42. The number of hydrogen-bond donors (Lipinski definition) is 3. The van der Waals surface area contributed by atoms with Crippen molar-refractivity contribution in [3.8, 4) is 0 Å². The van der Waals surface area contributed by atoms with Gasteiger partial charge < -0.3 is 21.1 Å². The number of carbonyl (C=O) groups excluding carboxylic acids is 1. The third-order valence-corrected chi connectivity index (χ3v) is 6.42. The monoisotopic (exact) mass is 496 g/mol. The molecule has 2 aliphatic rings. The number of alkyl halides is 3. The van der Waals surface area contributed by atoms with Gasteiger partial charge in [0, 0.05) is 32.2 Å². The van der Waals surface area contributed by atoms with Crippen LogP contribution in [0.5, 0.6) is 0 Å². The number of benzene rings is 1. The lowest BCUT2D eigenvalue weighted by Crippen LogP contribution is -2.50. The smallest absolute Gasteiger partial charge is 0.388 e. The first-order chi connectivity index (χ1) is 16.5. The Labute approximate surface area is 200 Å². The maximum Gasteiger partial charge on any atom is 0.416 e. The number of nitrogens with two attached hydrogens (primary N) is 1. The number of hydrogen-bond acceptors (Lipinski definition) is 7.